The summed E-state index contributed by atoms with van der Waals surface area (Å²) in [7, 11) is 0.313. The molecule has 0 saturated heterocycles. The monoisotopic (exact) mass is 462 g/mol. The molecule has 1 heterocycles. The molecule has 156 valence electrons. The fourth-order valence-electron chi connectivity index (χ4n) is 3.66. The number of hydrogen-bond acceptors (Lipinski definition) is 4. The molecule has 2 aromatic carbocycles. The van der Waals surface area contributed by atoms with Crippen molar-refractivity contribution in [2.75, 3.05) is 17.3 Å². The molecule has 0 bridgehead atoms. The summed E-state index contributed by atoms with van der Waals surface area (Å²) < 4.78 is 13.8. The molecule has 0 saturated carbocycles. The lowest BCUT2D eigenvalue weighted by Gasteiger charge is -2.14. The van der Waals surface area contributed by atoms with Gasteiger partial charge in [-0.3, -0.25) is 0 Å². The third-order valence-corrected chi connectivity index (χ3v) is 7.02. The van der Waals surface area contributed by atoms with Gasteiger partial charge >= 0.3 is 0 Å². The van der Waals surface area contributed by atoms with Gasteiger partial charge in [-0.05, 0) is 67.7 Å². The van der Waals surface area contributed by atoms with Crippen molar-refractivity contribution in [1.82, 2.24) is 9.97 Å². The van der Waals surface area contributed by atoms with Crippen molar-refractivity contribution in [2.45, 2.75) is 32.1 Å². The van der Waals surface area contributed by atoms with E-state index in [0.717, 1.165) is 18.5 Å². The molecule has 0 radical (unpaired) electrons. The number of aromatic nitrogens is 2. The zero-order valence-corrected chi connectivity index (χ0v) is 19.0. The molecule has 1 atom stereocenters. The first-order valence-corrected chi connectivity index (χ1v) is 12.1. The maximum atomic E-state index is 13.8. The standard InChI is InChI=1S/C22H22Cl2FN4P/c1-30-20-18(10-9-17(25)19(20)24)28-21-16(23)12-26-22(29-21)27-15-8-7-13-5-3-2-4-6-14(13)11-15/h7-12,30H,2-6H2,1H3,(H2,26,27,28,29). The van der Waals surface area contributed by atoms with Crippen LogP contribution in [0.25, 0.3) is 0 Å². The van der Waals surface area contributed by atoms with E-state index >= 15 is 0 Å². The lowest BCUT2D eigenvalue weighted by atomic mass is 10.0. The number of halogens is 3. The molecule has 4 rings (SSSR count). The smallest absolute Gasteiger partial charge is 0.229 e. The van der Waals surface area contributed by atoms with Crippen LogP contribution in [-0.4, -0.2) is 16.6 Å². The van der Waals surface area contributed by atoms with Gasteiger partial charge in [0.05, 0.1) is 11.2 Å². The van der Waals surface area contributed by atoms with Crippen molar-refractivity contribution < 1.29 is 4.39 Å². The van der Waals surface area contributed by atoms with Crippen molar-refractivity contribution in [3.05, 3.63) is 63.5 Å². The van der Waals surface area contributed by atoms with Crippen molar-refractivity contribution in [1.29, 1.82) is 0 Å². The van der Waals surface area contributed by atoms with Gasteiger partial charge in [0, 0.05) is 16.7 Å². The lowest BCUT2D eigenvalue weighted by Crippen LogP contribution is -2.09. The quantitative estimate of drug-likeness (QED) is 0.330. The topological polar surface area (TPSA) is 49.8 Å². The molecule has 8 heteroatoms. The second-order valence-electron chi connectivity index (χ2n) is 7.22. The predicted octanol–water partition coefficient (Wildman–Crippen LogP) is 6.61. The Morgan fingerprint density at radius 3 is 2.60 bits per heavy atom. The van der Waals surface area contributed by atoms with Crippen LogP contribution in [0.1, 0.15) is 30.4 Å². The Morgan fingerprint density at radius 2 is 1.80 bits per heavy atom. The highest BCUT2D eigenvalue weighted by atomic mass is 35.5. The minimum Gasteiger partial charge on any atom is -0.338 e. The third-order valence-electron chi connectivity index (χ3n) is 5.20. The second kappa shape index (κ2) is 9.47. The Kier molecular flexibility index (Phi) is 6.72. The van der Waals surface area contributed by atoms with Crippen molar-refractivity contribution in [3.8, 4) is 0 Å². The second-order valence-corrected chi connectivity index (χ2v) is 9.00. The number of benzene rings is 2. The predicted molar refractivity (Wildman–Crippen MR) is 127 cm³/mol. The van der Waals surface area contributed by atoms with E-state index in [4.69, 9.17) is 23.2 Å². The summed E-state index contributed by atoms with van der Waals surface area (Å²) in [6.45, 7) is 1.94. The highest BCUT2D eigenvalue weighted by Crippen LogP contribution is 2.30. The van der Waals surface area contributed by atoms with Crippen LogP contribution < -0.4 is 15.9 Å². The maximum Gasteiger partial charge on any atom is 0.229 e. The molecule has 3 aromatic rings. The normalized spacial score (nSPS) is 13.9. The van der Waals surface area contributed by atoms with Gasteiger partial charge in [-0.15, -0.1) is 0 Å². The van der Waals surface area contributed by atoms with E-state index in [1.54, 1.807) is 12.3 Å². The van der Waals surface area contributed by atoms with E-state index in [0.29, 0.717) is 36.4 Å². The molecule has 1 aromatic heterocycles. The number of nitrogens with one attached hydrogen (secondary N) is 2. The van der Waals surface area contributed by atoms with Gasteiger partial charge in [0.1, 0.15) is 10.8 Å². The van der Waals surface area contributed by atoms with E-state index < -0.39 is 5.82 Å². The summed E-state index contributed by atoms with van der Waals surface area (Å²) in [5.41, 5.74) is 4.45. The maximum absolute atomic E-state index is 13.8. The fraction of sp³-hybridized carbons (Fsp3) is 0.273. The van der Waals surface area contributed by atoms with Gasteiger partial charge < -0.3 is 10.6 Å². The van der Waals surface area contributed by atoms with Crippen LogP contribution in [0.4, 0.5) is 27.5 Å². The van der Waals surface area contributed by atoms with Gasteiger partial charge in [-0.25, -0.2) is 9.37 Å². The molecule has 4 nitrogen and oxygen atoms in total. The number of aryl methyl sites for hydroxylation is 2. The molecule has 0 fully saturated rings. The highest BCUT2D eigenvalue weighted by molar-refractivity contribution is 7.47. The van der Waals surface area contributed by atoms with E-state index in [1.807, 2.05) is 6.66 Å². The SMILES string of the molecule is CPc1c(Nc2nc(Nc3ccc4c(c3)CCCCC4)ncc2Cl)ccc(F)c1Cl. The molecule has 0 spiro atoms. The Morgan fingerprint density at radius 1 is 1.00 bits per heavy atom. The fourth-order valence-corrected chi connectivity index (χ4v) is 5.00. The summed E-state index contributed by atoms with van der Waals surface area (Å²) in [5, 5.41) is 7.64. The summed E-state index contributed by atoms with van der Waals surface area (Å²) in [6.07, 6.45) is 7.54. The van der Waals surface area contributed by atoms with Crippen molar-refractivity contribution >= 4 is 60.2 Å². The van der Waals surface area contributed by atoms with Gasteiger partial charge in [0.25, 0.3) is 0 Å². The Balaban J connectivity index is 1.59. The molecule has 0 aliphatic heterocycles. The van der Waals surface area contributed by atoms with Crippen LogP contribution in [0.5, 0.6) is 0 Å². The summed E-state index contributed by atoms with van der Waals surface area (Å²) >= 11 is 12.4. The van der Waals surface area contributed by atoms with E-state index in [-0.39, 0.29) is 5.02 Å². The van der Waals surface area contributed by atoms with Crippen LogP contribution in [0.2, 0.25) is 10.0 Å². The van der Waals surface area contributed by atoms with Crippen molar-refractivity contribution in [3.63, 3.8) is 0 Å². The van der Waals surface area contributed by atoms with Crippen molar-refractivity contribution in [2.24, 2.45) is 0 Å². The average Bonchev–Trinajstić information content (AvgIpc) is 2.98. The first-order valence-electron chi connectivity index (χ1n) is 9.89. The molecule has 1 aliphatic rings. The molecule has 0 amide bonds. The Hall–Kier alpha value is -1.94. The molecule has 2 N–H and O–H groups in total. The zero-order chi connectivity index (χ0) is 21.1. The number of rotatable bonds is 5. The minimum atomic E-state index is -0.439. The number of hydrogen-bond donors (Lipinski definition) is 2. The Bertz CT molecular complexity index is 1080. The van der Waals surface area contributed by atoms with Gasteiger partial charge in [-0.2, -0.15) is 4.98 Å². The number of anilines is 4. The van der Waals surface area contributed by atoms with E-state index in [1.165, 1.54) is 36.5 Å². The molecular weight excluding hydrogens is 441 g/mol. The number of nitrogens with zero attached hydrogens (tertiary/aromatic N) is 2. The number of fused-ring (bicyclic) bond motifs is 1. The molecule has 1 aliphatic carbocycles. The Labute approximate surface area is 187 Å². The van der Waals surface area contributed by atoms with Crippen LogP contribution in [0.3, 0.4) is 0 Å². The van der Waals surface area contributed by atoms with Crippen LogP contribution in [0, 0.1) is 5.82 Å². The molecule has 30 heavy (non-hydrogen) atoms. The van der Waals surface area contributed by atoms with Crippen LogP contribution >= 0.6 is 31.8 Å². The van der Waals surface area contributed by atoms with E-state index in [9.17, 15) is 4.39 Å². The van der Waals surface area contributed by atoms with Crippen LogP contribution in [-0.2, 0) is 12.8 Å². The highest BCUT2D eigenvalue weighted by Gasteiger charge is 2.14. The minimum absolute atomic E-state index is 0.120. The lowest BCUT2D eigenvalue weighted by molar-refractivity contribution is 0.629. The first-order chi connectivity index (χ1) is 14.5. The van der Waals surface area contributed by atoms with Gasteiger partial charge in [0.15, 0.2) is 5.82 Å². The first kappa shape index (κ1) is 21.3. The molecular formula is C22H22Cl2FN4P. The average molecular weight is 463 g/mol. The van der Waals surface area contributed by atoms with Crippen LogP contribution in [0.15, 0.2) is 36.5 Å². The van der Waals surface area contributed by atoms with E-state index in [2.05, 4.69) is 38.8 Å². The van der Waals surface area contributed by atoms with Gasteiger partial charge in [-0.1, -0.05) is 44.3 Å². The van der Waals surface area contributed by atoms with Gasteiger partial charge in [0.2, 0.25) is 5.95 Å². The zero-order valence-electron chi connectivity index (χ0n) is 16.5. The summed E-state index contributed by atoms with van der Waals surface area (Å²) in [4.78, 5) is 8.82. The summed E-state index contributed by atoms with van der Waals surface area (Å²) in [5.74, 6) is 0.432. The summed E-state index contributed by atoms with van der Waals surface area (Å²) in [6, 6.07) is 9.41. The third kappa shape index (κ3) is 4.69. The largest absolute Gasteiger partial charge is 0.338 e. The molecule has 1 unspecified atom stereocenters.